The molecule has 0 saturated carbocycles. The van der Waals surface area contributed by atoms with Gasteiger partial charge in [0.1, 0.15) is 18.1 Å². The molecular formula is C27H33N7O2. The highest BCUT2D eigenvalue weighted by Gasteiger charge is 2.16. The number of fused-ring (bicyclic) bond motifs is 1. The Labute approximate surface area is 211 Å². The number of nitrogen functional groups attached to an aromatic ring is 1. The molecule has 1 aliphatic rings. The number of anilines is 3. The number of para-hydroxylation sites is 1. The zero-order valence-electron chi connectivity index (χ0n) is 21.1. The first-order valence-corrected chi connectivity index (χ1v) is 12.2. The number of methoxy groups -OCH3 is 1. The van der Waals surface area contributed by atoms with E-state index in [2.05, 4.69) is 50.0 Å². The van der Waals surface area contributed by atoms with E-state index >= 15 is 0 Å². The fourth-order valence-corrected chi connectivity index (χ4v) is 4.56. The quantitative estimate of drug-likeness (QED) is 0.364. The van der Waals surface area contributed by atoms with Crippen LogP contribution in [0.3, 0.4) is 0 Å². The van der Waals surface area contributed by atoms with E-state index < -0.39 is 0 Å². The van der Waals surface area contributed by atoms with Gasteiger partial charge in [-0.15, -0.1) is 0 Å². The molecule has 0 bridgehead atoms. The van der Waals surface area contributed by atoms with Gasteiger partial charge in [-0.2, -0.15) is 0 Å². The molecule has 1 saturated heterocycles. The predicted octanol–water partition coefficient (Wildman–Crippen LogP) is 3.60. The molecule has 1 fully saturated rings. The molecule has 188 valence electrons. The number of hydrogen-bond donors (Lipinski definition) is 2. The Balaban J connectivity index is 1.31. The average molecular weight is 488 g/mol. The van der Waals surface area contributed by atoms with Crippen molar-refractivity contribution in [3.8, 4) is 22.8 Å². The van der Waals surface area contributed by atoms with Crippen LogP contribution in [0, 0.1) is 0 Å². The second kappa shape index (κ2) is 10.4. The van der Waals surface area contributed by atoms with E-state index in [9.17, 15) is 0 Å². The summed E-state index contributed by atoms with van der Waals surface area (Å²) in [6.45, 7) is 5.71. The Hall–Kier alpha value is -3.82. The van der Waals surface area contributed by atoms with Crippen molar-refractivity contribution < 1.29 is 9.47 Å². The van der Waals surface area contributed by atoms with Crippen LogP contribution in [0.1, 0.15) is 0 Å². The Kier molecular flexibility index (Phi) is 6.92. The van der Waals surface area contributed by atoms with Crippen LogP contribution in [0.25, 0.3) is 22.2 Å². The van der Waals surface area contributed by atoms with Crippen LogP contribution < -0.4 is 20.5 Å². The lowest BCUT2D eigenvalue weighted by Gasteiger charge is -2.32. The summed E-state index contributed by atoms with van der Waals surface area (Å²) in [5, 5.41) is 4.41. The molecule has 2 aromatic carbocycles. The Morgan fingerprint density at radius 1 is 1.03 bits per heavy atom. The van der Waals surface area contributed by atoms with Crippen LogP contribution in [0.5, 0.6) is 11.5 Å². The number of nitrogens with zero attached hydrogens (tertiary/aromatic N) is 5. The average Bonchev–Trinajstić information content (AvgIpc) is 3.23. The van der Waals surface area contributed by atoms with Gasteiger partial charge < -0.3 is 30.0 Å². The molecule has 0 spiro atoms. The van der Waals surface area contributed by atoms with Gasteiger partial charge in [-0.05, 0) is 25.2 Å². The number of aromatic nitrogens is 3. The molecule has 0 unspecified atom stereocenters. The van der Waals surface area contributed by atoms with Crippen LogP contribution in [0.4, 0.5) is 17.3 Å². The topological polar surface area (TPSA) is 93.7 Å². The Bertz CT molecular complexity index is 1350. The number of benzene rings is 2. The van der Waals surface area contributed by atoms with E-state index in [1.54, 1.807) is 19.4 Å². The fourth-order valence-electron chi connectivity index (χ4n) is 4.56. The molecule has 0 aliphatic carbocycles. The van der Waals surface area contributed by atoms with Gasteiger partial charge in [0.2, 0.25) is 5.95 Å². The standard InChI is InChI=1S/C27H33N7O2/c1-32-10-12-34(13-11-32)14-15-36-25-17-26(35-3)23(16-21(25)28)31-27-29-9-8-22(30-27)20-18-33(2)24-7-5-4-6-19(20)24/h4-9,16-18H,10-15,28H2,1-3H3,(H,29,30,31). The van der Waals surface area contributed by atoms with E-state index in [0.717, 1.165) is 54.9 Å². The summed E-state index contributed by atoms with van der Waals surface area (Å²) >= 11 is 0. The van der Waals surface area contributed by atoms with E-state index in [1.165, 1.54) is 0 Å². The van der Waals surface area contributed by atoms with Crippen molar-refractivity contribution in [1.82, 2.24) is 24.3 Å². The zero-order valence-corrected chi connectivity index (χ0v) is 21.1. The van der Waals surface area contributed by atoms with E-state index in [1.807, 2.05) is 31.3 Å². The lowest BCUT2D eigenvalue weighted by molar-refractivity contribution is 0.134. The summed E-state index contributed by atoms with van der Waals surface area (Å²) in [5.74, 6) is 1.68. The second-order valence-electron chi connectivity index (χ2n) is 9.15. The number of piperazine rings is 1. The molecule has 0 amide bonds. The number of nitrogens with one attached hydrogen (secondary N) is 1. The van der Waals surface area contributed by atoms with Gasteiger partial charge in [0.25, 0.3) is 0 Å². The first-order chi connectivity index (χ1) is 17.5. The highest BCUT2D eigenvalue weighted by molar-refractivity contribution is 5.95. The predicted molar refractivity (Wildman–Crippen MR) is 144 cm³/mol. The minimum atomic E-state index is 0.460. The number of rotatable bonds is 8. The van der Waals surface area contributed by atoms with Gasteiger partial charge in [0, 0.05) is 74.7 Å². The van der Waals surface area contributed by atoms with Crippen LogP contribution in [-0.4, -0.2) is 77.8 Å². The molecule has 9 nitrogen and oxygen atoms in total. The molecule has 3 heterocycles. The third kappa shape index (κ3) is 5.07. The van der Waals surface area contributed by atoms with Crippen LogP contribution in [-0.2, 0) is 7.05 Å². The van der Waals surface area contributed by atoms with Crippen LogP contribution in [0.2, 0.25) is 0 Å². The maximum atomic E-state index is 6.34. The van der Waals surface area contributed by atoms with Crippen molar-refractivity contribution in [2.75, 3.05) is 64.5 Å². The second-order valence-corrected chi connectivity index (χ2v) is 9.15. The maximum Gasteiger partial charge on any atom is 0.227 e. The maximum absolute atomic E-state index is 6.34. The molecule has 5 rings (SSSR count). The van der Waals surface area contributed by atoms with Gasteiger partial charge in [-0.3, -0.25) is 4.90 Å². The van der Waals surface area contributed by atoms with Gasteiger partial charge in [-0.25, -0.2) is 9.97 Å². The van der Waals surface area contributed by atoms with Crippen LogP contribution in [0.15, 0.2) is 54.9 Å². The summed E-state index contributed by atoms with van der Waals surface area (Å²) in [5.41, 5.74) is 10.6. The number of aryl methyl sites for hydroxylation is 1. The number of hydrogen-bond acceptors (Lipinski definition) is 8. The summed E-state index contributed by atoms with van der Waals surface area (Å²) in [6.07, 6.45) is 3.84. The first-order valence-electron chi connectivity index (χ1n) is 12.2. The summed E-state index contributed by atoms with van der Waals surface area (Å²) in [7, 11) is 5.81. The number of ether oxygens (including phenoxy) is 2. The van der Waals surface area contributed by atoms with Crippen LogP contribution >= 0.6 is 0 Å². The molecule has 36 heavy (non-hydrogen) atoms. The molecule has 0 radical (unpaired) electrons. The molecule has 0 atom stereocenters. The third-order valence-corrected chi connectivity index (χ3v) is 6.67. The first kappa shape index (κ1) is 23.9. The van der Waals surface area contributed by atoms with E-state index in [4.69, 9.17) is 20.2 Å². The lowest BCUT2D eigenvalue weighted by Crippen LogP contribution is -2.45. The Morgan fingerprint density at radius 3 is 2.64 bits per heavy atom. The van der Waals surface area contributed by atoms with E-state index in [-0.39, 0.29) is 0 Å². The van der Waals surface area contributed by atoms with E-state index in [0.29, 0.717) is 35.4 Å². The molecule has 9 heteroatoms. The zero-order chi connectivity index (χ0) is 25.1. The van der Waals surface area contributed by atoms with Crippen molar-refractivity contribution in [3.05, 3.63) is 54.9 Å². The van der Waals surface area contributed by atoms with Gasteiger partial charge >= 0.3 is 0 Å². The van der Waals surface area contributed by atoms with Crippen molar-refractivity contribution >= 4 is 28.2 Å². The number of nitrogens with two attached hydrogens (primary N) is 1. The fraction of sp³-hybridized carbons (Fsp3) is 0.333. The molecule has 4 aromatic rings. The largest absolute Gasteiger partial charge is 0.494 e. The highest BCUT2D eigenvalue weighted by atomic mass is 16.5. The monoisotopic (exact) mass is 487 g/mol. The summed E-state index contributed by atoms with van der Waals surface area (Å²) in [6, 6.07) is 13.8. The summed E-state index contributed by atoms with van der Waals surface area (Å²) in [4.78, 5) is 13.9. The molecular weight excluding hydrogens is 454 g/mol. The SMILES string of the molecule is COc1cc(OCCN2CCN(C)CC2)c(N)cc1Nc1nccc(-c2cn(C)c3ccccc23)n1. The van der Waals surface area contributed by atoms with Gasteiger partial charge in [0.15, 0.2) is 0 Å². The third-order valence-electron chi connectivity index (χ3n) is 6.67. The normalized spacial score (nSPS) is 14.8. The molecule has 1 aliphatic heterocycles. The highest BCUT2D eigenvalue weighted by Crippen LogP contribution is 2.36. The smallest absolute Gasteiger partial charge is 0.227 e. The molecule has 3 N–H and O–H groups in total. The Morgan fingerprint density at radius 2 is 1.83 bits per heavy atom. The lowest BCUT2D eigenvalue weighted by atomic mass is 10.1. The van der Waals surface area contributed by atoms with Crippen molar-refractivity contribution in [1.29, 1.82) is 0 Å². The van der Waals surface area contributed by atoms with Gasteiger partial charge in [-0.1, -0.05) is 18.2 Å². The minimum Gasteiger partial charge on any atom is -0.494 e. The van der Waals surface area contributed by atoms with Gasteiger partial charge in [0.05, 0.1) is 24.2 Å². The minimum absolute atomic E-state index is 0.460. The van der Waals surface area contributed by atoms with Crippen molar-refractivity contribution in [2.24, 2.45) is 7.05 Å². The number of likely N-dealkylation sites (N-methyl/N-ethyl adjacent to an activating group) is 1. The van der Waals surface area contributed by atoms with Crippen molar-refractivity contribution in [2.45, 2.75) is 0 Å². The van der Waals surface area contributed by atoms with Crippen molar-refractivity contribution in [3.63, 3.8) is 0 Å². The molecule has 2 aromatic heterocycles. The summed E-state index contributed by atoms with van der Waals surface area (Å²) < 4.78 is 13.7.